The second kappa shape index (κ2) is 7.05. The second-order valence-electron chi connectivity index (χ2n) is 5.62. The van der Waals surface area contributed by atoms with Crippen molar-refractivity contribution in [3.63, 3.8) is 0 Å². The summed E-state index contributed by atoms with van der Waals surface area (Å²) in [6.07, 6.45) is 1.40. The zero-order valence-corrected chi connectivity index (χ0v) is 14.8. The molecule has 1 N–H and O–H groups in total. The lowest BCUT2D eigenvalue weighted by Crippen LogP contribution is -2.36. The summed E-state index contributed by atoms with van der Waals surface area (Å²) in [5.74, 6) is -0.355. The Labute approximate surface area is 154 Å². The molecule has 3 amide bonds. The van der Waals surface area contributed by atoms with Crippen molar-refractivity contribution in [1.82, 2.24) is 10.2 Å². The highest BCUT2D eigenvalue weighted by molar-refractivity contribution is 6.30. The third-order valence-corrected chi connectivity index (χ3v) is 4.09. The molecular weight excluding hydrogens is 360 g/mol. The summed E-state index contributed by atoms with van der Waals surface area (Å²) in [7, 11) is 1.18. The van der Waals surface area contributed by atoms with Crippen LogP contribution in [-0.2, 0) is 14.3 Å². The number of hydrogen-bond acceptors (Lipinski definition) is 5. The van der Waals surface area contributed by atoms with E-state index >= 15 is 0 Å². The van der Waals surface area contributed by atoms with Crippen molar-refractivity contribution in [2.75, 3.05) is 13.7 Å². The first-order valence-electron chi connectivity index (χ1n) is 7.67. The monoisotopic (exact) mass is 374 g/mol. The van der Waals surface area contributed by atoms with Crippen LogP contribution in [0.2, 0.25) is 5.02 Å². The van der Waals surface area contributed by atoms with Crippen LogP contribution in [0.3, 0.4) is 0 Å². The summed E-state index contributed by atoms with van der Waals surface area (Å²) in [5, 5.41) is 2.99. The maximum Gasteiger partial charge on any atom is 0.329 e. The van der Waals surface area contributed by atoms with E-state index in [4.69, 9.17) is 16.0 Å². The Balaban J connectivity index is 1.84. The van der Waals surface area contributed by atoms with E-state index in [1.165, 1.54) is 13.2 Å². The first-order valence-corrected chi connectivity index (χ1v) is 8.04. The second-order valence-corrected chi connectivity index (χ2v) is 6.05. The summed E-state index contributed by atoms with van der Waals surface area (Å²) in [5.41, 5.74) is 1.83. The van der Waals surface area contributed by atoms with E-state index in [1.54, 1.807) is 24.3 Å². The van der Waals surface area contributed by atoms with E-state index < -0.39 is 24.5 Å². The van der Waals surface area contributed by atoms with Gasteiger partial charge in [0.25, 0.3) is 5.91 Å². The van der Waals surface area contributed by atoms with Crippen molar-refractivity contribution in [2.45, 2.75) is 6.92 Å². The van der Waals surface area contributed by atoms with Crippen LogP contribution in [0, 0.1) is 6.92 Å². The van der Waals surface area contributed by atoms with E-state index in [2.05, 4.69) is 10.1 Å². The van der Waals surface area contributed by atoms with Gasteiger partial charge in [-0.25, -0.2) is 9.69 Å². The molecule has 1 fully saturated rings. The minimum atomic E-state index is -0.691. The lowest BCUT2D eigenvalue weighted by molar-refractivity contribution is -0.143. The van der Waals surface area contributed by atoms with Crippen molar-refractivity contribution in [3.05, 3.63) is 52.4 Å². The minimum Gasteiger partial charge on any atom is -0.468 e. The number of carbonyl (C=O) groups is 3. The van der Waals surface area contributed by atoms with Gasteiger partial charge >= 0.3 is 12.0 Å². The third-order valence-electron chi connectivity index (χ3n) is 3.86. The largest absolute Gasteiger partial charge is 0.468 e. The average molecular weight is 375 g/mol. The topological polar surface area (TPSA) is 88.8 Å². The van der Waals surface area contributed by atoms with Crippen molar-refractivity contribution in [2.24, 2.45) is 0 Å². The van der Waals surface area contributed by atoms with Gasteiger partial charge in [0.2, 0.25) is 0 Å². The Morgan fingerprint density at radius 1 is 1.31 bits per heavy atom. The fraction of sp³-hybridized carbons (Fsp3) is 0.167. The van der Waals surface area contributed by atoms with Gasteiger partial charge in [0, 0.05) is 16.7 Å². The molecule has 0 radical (unpaired) electrons. The van der Waals surface area contributed by atoms with Crippen molar-refractivity contribution >= 4 is 35.6 Å². The summed E-state index contributed by atoms with van der Waals surface area (Å²) < 4.78 is 10.2. The number of carbonyl (C=O) groups excluding carboxylic acids is 3. The molecule has 0 spiro atoms. The van der Waals surface area contributed by atoms with Crippen LogP contribution in [-0.4, -0.2) is 36.5 Å². The number of amides is 3. The number of nitrogens with zero attached hydrogens (tertiary/aromatic N) is 1. The molecule has 26 heavy (non-hydrogen) atoms. The number of halogens is 1. The van der Waals surface area contributed by atoms with E-state index in [1.807, 2.05) is 13.0 Å². The van der Waals surface area contributed by atoms with Gasteiger partial charge in [0.05, 0.1) is 7.11 Å². The number of aryl methyl sites for hydroxylation is 1. The molecule has 1 saturated heterocycles. The fourth-order valence-corrected chi connectivity index (χ4v) is 2.66. The van der Waals surface area contributed by atoms with Crippen LogP contribution < -0.4 is 5.32 Å². The SMILES string of the molecule is COC(=O)CN1C(=O)NC(=Cc2ccc(-c3cc(Cl)ccc3C)o2)C1=O. The molecule has 2 heterocycles. The molecule has 0 saturated carbocycles. The van der Waals surface area contributed by atoms with Gasteiger partial charge in [-0.15, -0.1) is 0 Å². The molecule has 8 heteroatoms. The number of furan rings is 1. The first kappa shape index (κ1) is 17.8. The molecule has 0 atom stereocenters. The molecule has 2 aromatic rings. The van der Waals surface area contributed by atoms with Crippen LogP contribution in [0.25, 0.3) is 17.4 Å². The number of ether oxygens (including phenoxy) is 1. The average Bonchev–Trinajstić information content (AvgIpc) is 3.17. The summed E-state index contributed by atoms with van der Waals surface area (Å²) >= 11 is 6.03. The quantitative estimate of drug-likeness (QED) is 0.505. The predicted molar refractivity (Wildman–Crippen MR) is 94.1 cm³/mol. The Kier molecular flexibility index (Phi) is 4.81. The molecule has 1 aromatic carbocycles. The number of esters is 1. The van der Waals surface area contributed by atoms with E-state index in [0.717, 1.165) is 16.0 Å². The summed E-state index contributed by atoms with van der Waals surface area (Å²) in [6, 6.07) is 8.18. The number of hydrogen-bond donors (Lipinski definition) is 1. The number of benzene rings is 1. The number of imide groups is 1. The van der Waals surface area contributed by atoms with Gasteiger partial charge < -0.3 is 14.5 Å². The van der Waals surface area contributed by atoms with Crippen LogP contribution in [0.15, 0.2) is 40.4 Å². The van der Waals surface area contributed by atoms with Crippen molar-refractivity contribution in [3.8, 4) is 11.3 Å². The molecule has 7 nitrogen and oxygen atoms in total. The van der Waals surface area contributed by atoms with Gasteiger partial charge in [0.1, 0.15) is 23.8 Å². The molecular formula is C18H15ClN2O5. The molecule has 0 bridgehead atoms. The van der Waals surface area contributed by atoms with E-state index in [9.17, 15) is 14.4 Å². The zero-order chi connectivity index (χ0) is 18.8. The molecule has 1 aromatic heterocycles. The van der Waals surface area contributed by atoms with Gasteiger partial charge in [0.15, 0.2) is 0 Å². The van der Waals surface area contributed by atoms with E-state index in [-0.39, 0.29) is 5.70 Å². The molecule has 1 aliphatic heterocycles. The van der Waals surface area contributed by atoms with Gasteiger partial charge in [-0.05, 0) is 36.8 Å². The fourth-order valence-electron chi connectivity index (χ4n) is 2.49. The van der Waals surface area contributed by atoms with E-state index in [0.29, 0.717) is 16.5 Å². The van der Waals surface area contributed by atoms with Gasteiger partial charge in [-0.2, -0.15) is 0 Å². The Bertz CT molecular complexity index is 931. The third kappa shape index (κ3) is 3.48. The lowest BCUT2D eigenvalue weighted by atomic mass is 10.1. The summed E-state index contributed by atoms with van der Waals surface area (Å²) in [6.45, 7) is 1.47. The minimum absolute atomic E-state index is 0.0163. The number of methoxy groups -OCH3 is 1. The number of nitrogens with one attached hydrogen (secondary N) is 1. The predicted octanol–water partition coefficient (Wildman–Crippen LogP) is 2.97. The normalized spacial score (nSPS) is 15.5. The Hall–Kier alpha value is -3.06. The maximum atomic E-state index is 12.3. The first-order chi connectivity index (χ1) is 12.4. The number of urea groups is 1. The smallest absolute Gasteiger partial charge is 0.329 e. The molecule has 134 valence electrons. The summed E-state index contributed by atoms with van der Waals surface area (Å²) in [4.78, 5) is 36.2. The lowest BCUT2D eigenvalue weighted by Gasteiger charge is -2.08. The highest BCUT2D eigenvalue weighted by atomic mass is 35.5. The highest BCUT2D eigenvalue weighted by Crippen LogP contribution is 2.29. The van der Waals surface area contributed by atoms with Gasteiger partial charge in [-0.1, -0.05) is 17.7 Å². The molecule has 0 unspecified atom stereocenters. The Morgan fingerprint density at radius 3 is 2.81 bits per heavy atom. The van der Waals surface area contributed by atoms with Crippen molar-refractivity contribution < 1.29 is 23.5 Å². The van der Waals surface area contributed by atoms with Gasteiger partial charge in [-0.3, -0.25) is 9.59 Å². The Morgan fingerprint density at radius 2 is 2.08 bits per heavy atom. The number of rotatable bonds is 4. The standard InChI is InChI=1S/C18H15ClN2O5/c1-10-3-4-11(19)7-13(10)15-6-5-12(26-15)8-14-17(23)21(18(24)20-14)9-16(22)25-2/h3-8H,9H2,1-2H3,(H,20,24). The zero-order valence-electron chi connectivity index (χ0n) is 14.0. The molecule has 1 aliphatic rings. The van der Waals surface area contributed by atoms with Crippen LogP contribution in [0.1, 0.15) is 11.3 Å². The maximum absolute atomic E-state index is 12.3. The van der Waals surface area contributed by atoms with Crippen LogP contribution in [0.5, 0.6) is 0 Å². The molecule has 3 rings (SSSR count). The van der Waals surface area contributed by atoms with Crippen LogP contribution in [0.4, 0.5) is 4.79 Å². The van der Waals surface area contributed by atoms with Crippen molar-refractivity contribution in [1.29, 1.82) is 0 Å². The molecule has 0 aliphatic carbocycles. The highest BCUT2D eigenvalue weighted by Gasteiger charge is 2.35. The van der Waals surface area contributed by atoms with Crippen LogP contribution >= 0.6 is 11.6 Å².